The molecule has 0 amide bonds. The standard InChI is InChI=1S/C18H14FN5O2S/c1-27(25,26)15-9-5-4-8-13(15)21-18-16-14(10-20-24-16)22-17(23-18)11-6-2-3-7-12(11)19/h2-10H,1H3,(H,20,24)(H,21,22,23). The van der Waals surface area contributed by atoms with Crippen molar-refractivity contribution in [3.05, 3.63) is 60.5 Å². The van der Waals surface area contributed by atoms with Gasteiger partial charge in [0, 0.05) is 6.26 Å². The Kier molecular flexibility index (Phi) is 4.08. The molecule has 136 valence electrons. The Morgan fingerprint density at radius 1 is 1.04 bits per heavy atom. The van der Waals surface area contributed by atoms with Gasteiger partial charge in [-0.1, -0.05) is 24.3 Å². The molecule has 4 aromatic rings. The molecule has 4 rings (SSSR count). The number of halogens is 1. The van der Waals surface area contributed by atoms with Crippen molar-refractivity contribution in [3.8, 4) is 11.4 Å². The Bertz CT molecular complexity index is 1250. The third kappa shape index (κ3) is 3.24. The minimum atomic E-state index is -3.45. The minimum absolute atomic E-state index is 0.128. The van der Waals surface area contributed by atoms with Crippen LogP contribution >= 0.6 is 0 Å². The molecule has 0 saturated carbocycles. The highest BCUT2D eigenvalue weighted by Crippen LogP contribution is 2.29. The molecule has 0 aliphatic rings. The summed E-state index contributed by atoms with van der Waals surface area (Å²) in [5.41, 5.74) is 1.55. The maximum atomic E-state index is 14.2. The number of hydrogen-bond donors (Lipinski definition) is 2. The molecule has 0 aliphatic heterocycles. The summed E-state index contributed by atoms with van der Waals surface area (Å²) < 4.78 is 38.3. The minimum Gasteiger partial charge on any atom is -0.337 e. The number of benzene rings is 2. The van der Waals surface area contributed by atoms with Crippen molar-refractivity contribution in [2.24, 2.45) is 0 Å². The van der Waals surface area contributed by atoms with Gasteiger partial charge in [0.05, 0.1) is 22.3 Å². The predicted octanol–water partition coefficient (Wildman–Crippen LogP) is 3.31. The molecule has 0 bridgehead atoms. The Balaban J connectivity index is 1.88. The fourth-order valence-corrected chi connectivity index (χ4v) is 3.56. The first kappa shape index (κ1) is 17.1. The molecule has 0 spiro atoms. The van der Waals surface area contributed by atoms with Crippen LogP contribution in [0, 0.1) is 5.82 Å². The lowest BCUT2D eigenvalue weighted by atomic mass is 10.2. The Morgan fingerprint density at radius 2 is 1.78 bits per heavy atom. The van der Waals surface area contributed by atoms with Gasteiger partial charge in [0.1, 0.15) is 16.9 Å². The first-order valence-corrected chi connectivity index (χ1v) is 9.85. The number of nitrogens with one attached hydrogen (secondary N) is 2. The molecule has 2 aromatic heterocycles. The number of sulfone groups is 1. The van der Waals surface area contributed by atoms with Crippen LogP contribution in [0.25, 0.3) is 22.4 Å². The van der Waals surface area contributed by atoms with E-state index < -0.39 is 15.7 Å². The zero-order valence-electron chi connectivity index (χ0n) is 14.1. The second-order valence-electron chi connectivity index (χ2n) is 5.90. The van der Waals surface area contributed by atoms with Crippen LogP contribution in [-0.4, -0.2) is 34.8 Å². The highest BCUT2D eigenvalue weighted by molar-refractivity contribution is 7.90. The number of hydrogen-bond acceptors (Lipinski definition) is 6. The molecule has 0 saturated heterocycles. The van der Waals surface area contributed by atoms with Crippen LogP contribution in [0.5, 0.6) is 0 Å². The molecule has 0 unspecified atom stereocenters. The van der Waals surface area contributed by atoms with Gasteiger partial charge in [-0.25, -0.2) is 22.8 Å². The average Bonchev–Trinajstić information content (AvgIpc) is 3.10. The van der Waals surface area contributed by atoms with Gasteiger partial charge in [0.2, 0.25) is 0 Å². The summed E-state index contributed by atoms with van der Waals surface area (Å²) in [6.07, 6.45) is 2.62. The molecular formula is C18H14FN5O2S. The number of rotatable bonds is 4. The smallest absolute Gasteiger partial charge is 0.177 e. The number of nitrogens with zero attached hydrogens (tertiary/aromatic N) is 3. The van der Waals surface area contributed by atoms with Gasteiger partial charge in [0.25, 0.3) is 0 Å². The third-order valence-corrected chi connectivity index (χ3v) is 5.11. The summed E-state index contributed by atoms with van der Waals surface area (Å²) in [5.74, 6) is 0.0102. The first-order valence-electron chi connectivity index (χ1n) is 7.95. The van der Waals surface area contributed by atoms with Crippen molar-refractivity contribution in [3.63, 3.8) is 0 Å². The maximum Gasteiger partial charge on any atom is 0.177 e. The number of aromatic nitrogens is 4. The summed E-state index contributed by atoms with van der Waals surface area (Å²) in [7, 11) is -3.45. The highest BCUT2D eigenvalue weighted by Gasteiger charge is 2.17. The molecule has 2 aromatic carbocycles. The molecule has 27 heavy (non-hydrogen) atoms. The van der Waals surface area contributed by atoms with Gasteiger partial charge in [0.15, 0.2) is 21.5 Å². The molecule has 0 radical (unpaired) electrons. The van der Waals surface area contributed by atoms with E-state index in [0.717, 1.165) is 6.26 Å². The lowest BCUT2D eigenvalue weighted by Crippen LogP contribution is -2.05. The summed E-state index contributed by atoms with van der Waals surface area (Å²) in [5, 5.41) is 9.75. The normalized spacial score (nSPS) is 11.6. The monoisotopic (exact) mass is 383 g/mol. The van der Waals surface area contributed by atoms with Crippen molar-refractivity contribution in [2.45, 2.75) is 4.90 Å². The Labute approximate surface area is 154 Å². The average molecular weight is 383 g/mol. The zero-order chi connectivity index (χ0) is 19.0. The molecule has 0 fully saturated rings. The van der Waals surface area contributed by atoms with Gasteiger partial charge < -0.3 is 5.32 Å². The van der Waals surface area contributed by atoms with E-state index in [9.17, 15) is 12.8 Å². The Morgan fingerprint density at radius 3 is 2.56 bits per heavy atom. The van der Waals surface area contributed by atoms with Gasteiger partial charge >= 0.3 is 0 Å². The summed E-state index contributed by atoms with van der Waals surface area (Å²) >= 11 is 0. The lowest BCUT2D eigenvalue weighted by molar-refractivity contribution is 0.602. The first-order chi connectivity index (χ1) is 12.9. The second-order valence-corrected chi connectivity index (χ2v) is 7.88. The zero-order valence-corrected chi connectivity index (χ0v) is 15.0. The third-order valence-electron chi connectivity index (χ3n) is 3.95. The summed E-state index contributed by atoms with van der Waals surface area (Å²) in [6, 6.07) is 12.6. The van der Waals surface area contributed by atoms with Crippen molar-refractivity contribution in [1.29, 1.82) is 0 Å². The topological polar surface area (TPSA) is 101 Å². The number of fused-ring (bicyclic) bond motifs is 1. The fraction of sp³-hybridized carbons (Fsp3) is 0.0556. The van der Waals surface area contributed by atoms with Crippen molar-refractivity contribution in [1.82, 2.24) is 20.2 Å². The number of anilines is 2. The van der Waals surface area contributed by atoms with E-state index in [1.54, 1.807) is 36.4 Å². The molecule has 2 heterocycles. The molecule has 2 N–H and O–H groups in total. The van der Waals surface area contributed by atoms with E-state index in [-0.39, 0.29) is 16.3 Å². The van der Waals surface area contributed by atoms with Crippen molar-refractivity contribution >= 4 is 32.4 Å². The van der Waals surface area contributed by atoms with Gasteiger partial charge in [-0.15, -0.1) is 0 Å². The lowest BCUT2D eigenvalue weighted by Gasteiger charge is -2.12. The summed E-state index contributed by atoms with van der Waals surface area (Å²) in [6.45, 7) is 0. The van der Waals surface area contributed by atoms with Crippen molar-refractivity contribution in [2.75, 3.05) is 11.6 Å². The SMILES string of the molecule is CS(=O)(=O)c1ccccc1Nc1nc(-c2ccccc2F)nc2cn[nH]c12. The second kappa shape index (κ2) is 6.44. The molecule has 7 nitrogen and oxygen atoms in total. The molecule has 9 heteroatoms. The van der Waals surface area contributed by atoms with Gasteiger partial charge in [-0.3, -0.25) is 5.10 Å². The quantitative estimate of drug-likeness (QED) is 0.561. The summed E-state index contributed by atoms with van der Waals surface area (Å²) in [4.78, 5) is 8.86. The van der Waals surface area contributed by atoms with Gasteiger partial charge in [-0.2, -0.15) is 5.10 Å². The molecular weight excluding hydrogens is 369 g/mol. The Hall–Kier alpha value is -3.33. The number of para-hydroxylation sites is 1. The van der Waals surface area contributed by atoms with Crippen LogP contribution in [0.2, 0.25) is 0 Å². The van der Waals surface area contributed by atoms with E-state index in [1.807, 2.05) is 0 Å². The fourth-order valence-electron chi connectivity index (χ4n) is 2.71. The van der Waals surface area contributed by atoms with Crippen LogP contribution in [-0.2, 0) is 9.84 Å². The van der Waals surface area contributed by atoms with Crippen LogP contribution in [0.15, 0.2) is 59.6 Å². The molecule has 0 atom stereocenters. The van der Waals surface area contributed by atoms with Crippen LogP contribution in [0.4, 0.5) is 15.9 Å². The molecule has 0 aliphatic carbocycles. The number of H-pyrrole nitrogens is 1. The largest absolute Gasteiger partial charge is 0.337 e. The van der Waals surface area contributed by atoms with Crippen molar-refractivity contribution < 1.29 is 12.8 Å². The van der Waals surface area contributed by atoms with E-state index in [1.165, 1.54) is 18.3 Å². The van der Waals surface area contributed by atoms with Gasteiger partial charge in [-0.05, 0) is 24.3 Å². The van der Waals surface area contributed by atoms with Crippen LogP contribution in [0.3, 0.4) is 0 Å². The van der Waals surface area contributed by atoms with E-state index >= 15 is 0 Å². The predicted molar refractivity (Wildman–Crippen MR) is 99.9 cm³/mol. The van der Waals surface area contributed by atoms with E-state index in [4.69, 9.17) is 0 Å². The highest BCUT2D eigenvalue weighted by atomic mass is 32.2. The van der Waals surface area contributed by atoms with Crippen LogP contribution < -0.4 is 5.32 Å². The van der Waals surface area contributed by atoms with E-state index in [0.29, 0.717) is 22.5 Å². The van der Waals surface area contributed by atoms with Crippen LogP contribution in [0.1, 0.15) is 0 Å². The number of aromatic amines is 1. The maximum absolute atomic E-state index is 14.2. The van der Waals surface area contributed by atoms with E-state index in [2.05, 4.69) is 25.5 Å².